The molecule has 0 aromatic carbocycles. The smallest absolute Gasteiger partial charge is 0.0701 e. The molecule has 0 saturated carbocycles. The molecule has 19 heavy (non-hydrogen) atoms. The van der Waals surface area contributed by atoms with Crippen LogP contribution >= 0.6 is 27.3 Å². The van der Waals surface area contributed by atoms with Crippen molar-refractivity contribution in [2.45, 2.75) is 32.2 Å². The van der Waals surface area contributed by atoms with Gasteiger partial charge in [0.25, 0.3) is 0 Å². The highest BCUT2D eigenvalue weighted by Gasteiger charge is 2.10. The van der Waals surface area contributed by atoms with Crippen LogP contribution in [0.3, 0.4) is 0 Å². The number of hydrogen-bond acceptors (Lipinski definition) is 3. The van der Waals surface area contributed by atoms with Gasteiger partial charge in [-0.3, -0.25) is 4.98 Å². The summed E-state index contributed by atoms with van der Waals surface area (Å²) in [4.78, 5) is 5.61. The maximum Gasteiger partial charge on any atom is 0.0701 e. The molecule has 2 rings (SSSR count). The average molecular weight is 339 g/mol. The van der Waals surface area contributed by atoms with Crippen LogP contribution in [0.5, 0.6) is 0 Å². The van der Waals surface area contributed by atoms with Gasteiger partial charge < -0.3 is 5.32 Å². The highest BCUT2D eigenvalue weighted by Crippen LogP contribution is 2.23. The van der Waals surface area contributed by atoms with Crippen molar-refractivity contribution in [2.75, 3.05) is 6.54 Å². The van der Waals surface area contributed by atoms with Crippen molar-refractivity contribution in [3.8, 4) is 0 Å². The fourth-order valence-corrected chi connectivity index (χ4v) is 3.72. The predicted molar refractivity (Wildman–Crippen MR) is 85.7 cm³/mol. The molecular weight excluding hydrogens is 320 g/mol. The monoisotopic (exact) mass is 338 g/mol. The number of nitrogens with one attached hydrogen (secondary N) is 1. The Hall–Kier alpha value is -0.710. The topological polar surface area (TPSA) is 24.9 Å². The van der Waals surface area contributed by atoms with Crippen LogP contribution in [0.4, 0.5) is 0 Å². The molecule has 2 aromatic heterocycles. The number of thiophene rings is 1. The van der Waals surface area contributed by atoms with Crippen molar-refractivity contribution in [3.05, 3.63) is 50.9 Å². The molecule has 2 aromatic rings. The molecule has 1 unspecified atom stereocenters. The van der Waals surface area contributed by atoms with Crippen molar-refractivity contribution in [1.82, 2.24) is 10.3 Å². The molecular formula is C15H19BrN2S. The van der Waals surface area contributed by atoms with E-state index in [0.717, 1.165) is 25.8 Å². The number of likely N-dealkylation sites (N-methyl/N-ethyl adjacent to an activating group) is 1. The van der Waals surface area contributed by atoms with Gasteiger partial charge in [0.2, 0.25) is 0 Å². The summed E-state index contributed by atoms with van der Waals surface area (Å²) in [6.07, 6.45) is 7.12. The SMILES string of the molecule is CCNC(CCc1cccnc1)Cc1ccc(Br)s1. The molecule has 0 bridgehead atoms. The van der Waals surface area contributed by atoms with Gasteiger partial charge in [0.15, 0.2) is 0 Å². The van der Waals surface area contributed by atoms with Crippen molar-refractivity contribution in [3.63, 3.8) is 0 Å². The number of rotatable bonds is 7. The molecule has 2 nitrogen and oxygen atoms in total. The molecule has 0 aliphatic rings. The Morgan fingerprint density at radius 2 is 2.26 bits per heavy atom. The fourth-order valence-electron chi connectivity index (χ4n) is 2.16. The second-order valence-electron chi connectivity index (χ2n) is 4.56. The Morgan fingerprint density at radius 3 is 2.89 bits per heavy atom. The number of halogens is 1. The van der Waals surface area contributed by atoms with E-state index < -0.39 is 0 Å². The summed E-state index contributed by atoms with van der Waals surface area (Å²) in [7, 11) is 0. The Labute approximate surface area is 127 Å². The summed E-state index contributed by atoms with van der Waals surface area (Å²) in [6, 6.07) is 9.04. The van der Waals surface area contributed by atoms with Gasteiger partial charge in [0, 0.05) is 23.3 Å². The second-order valence-corrected chi connectivity index (χ2v) is 7.11. The van der Waals surface area contributed by atoms with Gasteiger partial charge in [-0.1, -0.05) is 13.0 Å². The summed E-state index contributed by atoms with van der Waals surface area (Å²) in [5, 5.41) is 3.58. The van der Waals surface area contributed by atoms with Crippen LogP contribution in [0.25, 0.3) is 0 Å². The third kappa shape index (κ3) is 5.05. The van der Waals surface area contributed by atoms with Crippen molar-refractivity contribution in [1.29, 1.82) is 0 Å². The molecule has 0 aliphatic heterocycles. The molecule has 102 valence electrons. The lowest BCUT2D eigenvalue weighted by Gasteiger charge is -2.17. The van der Waals surface area contributed by atoms with Crippen LogP contribution in [0.1, 0.15) is 23.8 Å². The maximum atomic E-state index is 4.17. The van der Waals surface area contributed by atoms with Gasteiger partial charge in [-0.25, -0.2) is 0 Å². The van der Waals surface area contributed by atoms with Crippen LogP contribution in [0.2, 0.25) is 0 Å². The van der Waals surface area contributed by atoms with Crippen LogP contribution in [-0.4, -0.2) is 17.6 Å². The molecule has 2 heterocycles. The number of aryl methyl sites for hydroxylation is 1. The standard InChI is InChI=1S/C15H19BrN2S/c1-2-18-13(10-14-7-8-15(16)19-14)6-5-12-4-3-9-17-11-12/h3-4,7-9,11,13,18H,2,5-6,10H2,1H3. The quantitative estimate of drug-likeness (QED) is 0.823. The number of pyridine rings is 1. The number of nitrogens with zero attached hydrogens (tertiary/aromatic N) is 1. The largest absolute Gasteiger partial charge is 0.314 e. The Bertz CT molecular complexity index is 484. The van der Waals surface area contributed by atoms with Gasteiger partial charge in [-0.2, -0.15) is 0 Å². The van der Waals surface area contributed by atoms with Gasteiger partial charge >= 0.3 is 0 Å². The molecule has 1 atom stereocenters. The first-order chi connectivity index (χ1) is 9.28. The first kappa shape index (κ1) is 14.7. The van der Waals surface area contributed by atoms with Crippen LogP contribution in [0.15, 0.2) is 40.4 Å². The summed E-state index contributed by atoms with van der Waals surface area (Å²) in [5.74, 6) is 0. The van der Waals surface area contributed by atoms with E-state index >= 15 is 0 Å². The van der Waals surface area contributed by atoms with E-state index in [-0.39, 0.29) is 0 Å². The Balaban J connectivity index is 1.89. The van der Waals surface area contributed by atoms with Crippen molar-refractivity contribution >= 4 is 27.3 Å². The van der Waals surface area contributed by atoms with E-state index in [1.54, 1.807) is 0 Å². The molecule has 0 amide bonds. The molecule has 0 fully saturated rings. The maximum absolute atomic E-state index is 4.17. The zero-order valence-corrected chi connectivity index (χ0v) is 13.5. The first-order valence-corrected chi connectivity index (χ1v) is 8.25. The highest BCUT2D eigenvalue weighted by molar-refractivity contribution is 9.11. The Morgan fingerprint density at radius 1 is 1.37 bits per heavy atom. The third-order valence-corrected chi connectivity index (χ3v) is 4.72. The van der Waals surface area contributed by atoms with Gasteiger partial charge in [-0.15, -0.1) is 11.3 Å². The third-order valence-electron chi connectivity index (χ3n) is 3.07. The van der Waals surface area contributed by atoms with E-state index in [9.17, 15) is 0 Å². The Kier molecular flexibility index (Phi) is 6.01. The summed E-state index contributed by atoms with van der Waals surface area (Å²) >= 11 is 5.35. The number of aromatic nitrogens is 1. The minimum Gasteiger partial charge on any atom is -0.314 e. The zero-order valence-electron chi connectivity index (χ0n) is 11.1. The van der Waals surface area contributed by atoms with Gasteiger partial charge in [-0.05, 0) is 65.5 Å². The second kappa shape index (κ2) is 7.78. The minimum absolute atomic E-state index is 0.538. The van der Waals surface area contributed by atoms with E-state index in [1.165, 1.54) is 14.2 Å². The highest BCUT2D eigenvalue weighted by atomic mass is 79.9. The molecule has 1 N–H and O–H groups in total. The molecule has 4 heteroatoms. The lowest BCUT2D eigenvalue weighted by molar-refractivity contribution is 0.493. The first-order valence-electron chi connectivity index (χ1n) is 6.64. The van der Waals surface area contributed by atoms with Gasteiger partial charge in [0.05, 0.1) is 3.79 Å². The van der Waals surface area contributed by atoms with Crippen LogP contribution in [-0.2, 0) is 12.8 Å². The van der Waals surface area contributed by atoms with E-state index in [4.69, 9.17) is 0 Å². The number of hydrogen-bond donors (Lipinski definition) is 1. The van der Waals surface area contributed by atoms with Crippen molar-refractivity contribution in [2.24, 2.45) is 0 Å². The minimum atomic E-state index is 0.538. The normalized spacial score (nSPS) is 12.5. The lowest BCUT2D eigenvalue weighted by atomic mass is 10.0. The molecule has 0 saturated heterocycles. The van der Waals surface area contributed by atoms with E-state index in [2.05, 4.69) is 51.4 Å². The van der Waals surface area contributed by atoms with Crippen LogP contribution in [0, 0.1) is 0 Å². The average Bonchev–Trinajstić information content (AvgIpc) is 2.83. The fraction of sp³-hybridized carbons (Fsp3) is 0.400. The zero-order chi connectivity index (χ0) is 13.5. The summed E-state index contributed by atoms with van der Waals surface area (Å²) in [5.41, 5.74) is 1.32. The van der Waals surface area contributed by atoms with E-state index in [0.29, 0.717) is 6.04 Å². The van der Waals surface area contributed by atoms with Gasteiger partial charge in [0.1, 0.15) is 0 Å². The predicted octanol–water partition coefficient (Wildman–Crippen LogP) is 4.06. The van der Waals surface area contributed by atoms with E-state index in [1.807, 2.05) is 29.8 Å². The van der Waals surface area contributed by atoms with Crippen LogP contribution < -0.4 is 5.32 Å². The summed E-state index contributed by atoms with van der Waals surface area (Å²) in [6.45, 7) is 3.19. The molecule has 0 spiro atoms. The molecule has 0 radical (unpaired) electrons. The lowest BCUT2D eigenvalue weighted by Crippen LogP contribution is -2.31. The molecule has 0 aliphatic carbocycles. The van der Waals surface area contributed by atoms with Crippen molar-refractivity contribution < 1.29 is 0 Å². The summed E-state index contributed by atoms with van der Waals surface area (Å²) < 4.78 is 1.21.